The SMILES string of the molecule is CC1CC(NCc2ccccc2)CCN1CCOC=O. The molecule has 1 N–H and O–H groups in total. The first-order chi connectivity index (χ1) is 9.79. The van der Waals surface area contributed by atoms with Crippen molar-refractivity contribution in [1.82, 2.24) is 10.2 Å². The van der Waals surface area contributed by atoms with Crippen LogP contribution in [0, 0.1) is 0 Å². The summed E-state index contributed by atoms with van der Waals surface area (Å²) in [5.74, 6) is 0. The summed E-state index contributed by atoms with van der Waals surface area (Å²) in [7, 11) is 0. The van der Waals surface area contributed by atoms with Gasteiger partial charge in [0.1, 0.15) is 6.61 Å². The van der Waals surface area contributed by atoms with Crippen LogP contribution in [-0.2, 0) is 16.1 Å². The van der Waals surface area contributed by atoms with Gasteiger partial charge in [-0.05, 0) is 25.3 Å². The molecule has 110 valence electrons. The lowest BCUT2D eigenvalue weighted by atomic mass is 9.98. The van der Waals surface area contributed by atoms with E-state index in [1.807, 2.05) is 6.07 Å². The third kappa shape index (κ3) is 4.62. The van der Waals surface area contributed by atoms with Crippen molar-refractivity contribution in [2.45, 2.75) is 38.4 Å². The Labute approximate surface area is 121 Å². The molecule has 4 nitrogen and oxygen atoms in total. The molecule has 2 unspecified atom stereocenters. The van der Waals surface area contributed by atoms with Crippen LogP contribution in [0.1, 0.15) is 25.3 Å². The first-order valence-corrected chi connectivity index (χ1v) is 7.36. The van der Waals surface area contributed by atoms with Crippen LogP contribution in [0.25, 0.3) is 0 Å². The molecule has 1 aliphatic heterocycles. The van der Waals surface area contributed by atoms with Crippen LogP contribution in [0.5, 0.6) is 0 Å². The van der Waals surface area contributed by atoms with E-state index in [2.05, 4.69) is 41.4 Å². The number of ether oxygens (including phenoxy) is 1. The lowest BCUT2D eigenvalue weighted by molar-refractivity contribution is -0.129. The molecule has 0 spiro atoms. The maximum atomic E-state index is 10.1. The molecule has 1 saturated heterocycles. The fourth-order valence-corrected chi connectivity index (χ4v) is 2.81. The minimum Gasteiger partial charge on any atom is -0.467 e. The number of carbonyl (C=O) groups excluding carboxylic acids is 1. The predicted octanol–water partition coefficient (Wildman–Crippen LogP) is 1.80. The molecule has 0 radical (unpaired) electrons. The largest absolute Gasteiger partial charge is 0.467 e. The van der Waals surface area contributed by atoms with Crippen molar-refractivity contribution in [1.29, 1.82) is 0 Å². The average molecular weight is 276 g/mol. The van der Waals surface area contributed by atoms with Crippen LogP contribution in [0.2, 0.25) is 0 Å². The highest BCUT2D eigenvalue weighted by atomic mass is 16.5. The fourth-order valence-electron chi connectivity index (χ4n) is 2.81. The van der Waals surface area contributed by atoms with Crippen molar-refractivity contribution in [3.8, 4) is 0 Å². The number of benzene rings is 1. The maximum Gasteiger partial charge on any atom is 0.293 e. The molecule has 0 bridgehead atoms. The normalized spacial score (nSPS) is 23.4. The standard InChI is InChI=1S/C16H24N2O2/c1-14-11-16(7-8-18(14)9-10-20-13-19)17-12-15-5-3-2-4-6-15/h2-6,13-14,16-17H,7-12H2,1H3. The van der Waals surface area contributed by atoms with Gasteiger partial charge < -0.3 is 10.1 Å². The Morgan fingerprint density at radius 2 is 2.20 bits per heavy atom. The molecule has 1 heterocycles. The summed E-state index contributed by atoms with van der Waals surface area (Å²) in [5.41, 5.74) is 1.34. The van der Waals surface area contributed by atoms with Crippen LogP contribution in [0.3, 0.4) is 0 Å². The molecule has 2 atom stereocenters. The third-order valence-corrected chi connectivity index (χ3v) is 4.02. The summed E-state index contributed by atoms with van der Waals surface area (Å²) in [4.78, 5) is 12.5. The van der Waals surface area contributed by atoms with Crippen molar-refractivity contribution in [3.63, 3.8) is 0 Å². The molecule has 1 aliphatic rings. The number of rotatable bonds is 7. The van der Waals surface area contributed by atoms with E-state index in [4.69, 9.17) is 4.74 Å². The van der Waals surface area contributed by atoms with E-state index >= 15 is 0 Å². The Kier molecular flexibility index (Phi) is 6.02. The van der Waals surface area contributed by atoms with Crippen LogP contribution >= 0.6 is 0 Å². The highest BCUT2D eigenvalue weighted by molar-refractivity contribution is 5.36. The van der Waals surface area contributed by atoms with Gasteiger partial charge in [-0.1, -0.05) is 30.3 Å². The number of likely N-dealkylation sites (tertiary alicyclic amines) is 1. The average Bonchev–Trinajstić information content (AvgIpc) is 2.48. The van der Waals surface area contributed by atoms with Gasteiger partial charge in [0.2, 0.25) is 0 Å². The molecule has 1 aromatic carbocycles. The van der Waals surface area contributed by atoms with E-state index < -0.39 is 0 Å². The first kappa shape index (κ1) is 15.0. The first-order valence-electron chi connectivity index (χ1n) is 7.36. The molecule has 20 heavy (non-hydrogen) atoms. The van der Waals surface area contributed by atoms with Crippen LogP contribution < -0.4 is 5.32 Å². The number of carbonyl (C=O) groups is 1. The second kappa shape index (κ2) is 8.02. The van der Waals surface area contributed by atoms with Crippen LogP contribution in [0.4, 0.5) is 0 Å². The Balaban J connectivity index is 1.70. The highest BCUT2D eigenvalue weighted by Crippen LogP contribution is 2.17. The molecular formula is C16H24N2O2. The molecule has 1 fully saturated rings. The van der Waals surface area contributed by atoms with Crippen LogP contribution in [-0.4, -0.2) is 43.2 Å². The number of hydrogen-bond donors (Lipinski definition) is 1. The van der Waals surface area contributed by atoms with E-state index in [0.29, 0.717) is 25.2 Å². The van der Waals surface area contributed by atoms with E-state index in [9.17, 15) is 4.79 Å². The van der Waals surface area contributed by atoms with Gasteiger partial charge in [0.05, 0.1) is 0 Å². The molecule has 0 amide bonds. The highest BCUT2D eigenvalue weighted by Gasteiger charge is 2.24. The maximum absolute atomic E-state index is 10.1. The number of nitrogens with one attached hydrogen (secondary N) is 1. The zero-order valence-corrected chi connectivity index (χ0v) is 12.1. The van der Waals surface area contributed by atoms with Gasteiger partial charge >= 0.3 is 0 Å². The van der Waals surface area contributed by atoms with Crippen molar-refractivity contribution >= 4 is 6.47 Å². The van der Waals surface area contributed by atoms with Crippen molar-refractivity contribution in [2.24, 2.45) is 0 Å². The monoisotopic (exact) mass is 276 g/mol. The summed E-state index contributed by atoms with van der Waals surface area (Å²) in [5, 5.41) is 3.64. The molecule has 0 saturated carbocycles. The molecule has 4 heteroatoms. The van der Waals surface area contributed by atoms with Gasteiger partial charge in [0.25, 0.3) is 6.47 Å². The Bertz CT molecular complexity index is 397. The molecule has 1 aromatic rings. The minimum absolute atomic E-state index is 0.496. The Hall–Kier alpha value is -1.39. The number of piperidine rings is 1. The van der Waals surface area contributed by atoms with Gasteiger partial charge in [-0.15, -0.1) is 0 Å². The van der Waals surface area contributed by atoms with E-state index in [1.54, 1.807) is 0 Å². The summed E-state index contributed by atoms with van der Waals surface area (Å²) in [6, 6.07) is 11.6. The summed E-state index contributed by atoms with van der Waals surface area (Å²) < 4.78 is 4.78. The zero-order chi connectivity index (χ0) is 14.2. The molecule has 0 aromatic heterocycles. The number of hydrogen-bond acceptors (Lipinski definition) is 4. The van der Waals surface area contributed by atoms with Gasteiger partial charge in [-0.3, -0.25) is 9.69 Å². The Morgan fingerprint density at radius 1 is 1.40 bits per heavy atom. The third-order valence-electron chi connectivity index (χ3n) is 4.02. The fraction of sp³-hybridized carbons (Fsp3) is 0.562. The van der Waals surface area contributed by atoms with Crippen molar-refractivity contribution in [2.75, 3.05) is 19.7 Å². The van der Waals surface area contributed by atoms with Crippen molar-refractivity contribution < 1.29 is 9.53 Å². The second-order valence-corrected chi connectivity index (χ2v) is 5.44. The van der Waals surface area contributed by atoms with E-state index in [0.717, 1.165) is 32.5 Å². The van der Waals surface area contributed by atoms with Gasteiger partial charge in [0, 0.05) is 31.7 Å². The van der Waals surface area contributed by atoms with Gasteiger partial charge in [-0.25, -0.2) is 0 Å². The van der Waals surface area contributed by atoms with Crippen LogP contribution in [0.15, 0.2) is 30.3 Å². The topological polar surface area (TPSA) is 41.6 Å². The van der Waals surface area contributed by atoms with Gasteiger partial charge in [-0.2, -0.15) is 0 Å². The Morgan fingerprint density at radius 3 is 2.90 bits per heavy atom. The van der Waals surface area contributed by atoms with Gasteiger partial charge in [0.15, 0.2) is 0 Å². The summed E-state index contributed by atoms with van der Waals surface area (Å²) in [6.45, 7) is 6.11. The second-order valence-electron chi connectivity index (χ2n) is 5.44. The van der Waals surface area contributed by atoms with E-state index in [-0.39, 0.29) is 0 Å². The lowest BCUT2D eigenvalue weighted by Gasteiger charge is -2.37. The van der Waals surface area contributed by atoms with Crippen molar-refractivity contribution in [3.05, 3.63) is 35.9 Å². The summed E-state index contributed by atoms with van der Waals surface area (Å²) in [6.07, 6.45) is 2.30. The zero-order valence-electron chi connectivity index (χ0n) is 12.1. The number of nitrogens with zero attached hydrogens (tertiary/aromatic N) is 1. The smallest absolute Gasteiger partial charge is 0.293 e. The van der Waals surface area contributed by atoms with E-state index in [1.165, 1.54) is 5.56 Å². The minimum atomic E-state index is 0.496. The lowest BCUT2D eigenvalue weighted by Crippen LogP contribution is -2.48. The summed E-state index contributed by atoms with van der Waals surface area (Å²) >= 11 is 0. The molecular weight excluding hydrogens is 252 g/mol. The quantitative estimate of drug-likeness (QED) is 0.609. The molecule has 0 aliphatic carbocycles. The molecule has 2 rings (SSSR count). The predicted molar refractivity (Wildman–Crippen MR) is 79.4 cm³/mol.